The summed E-state index contributed by atoms with van der Waals surface area (Å²) >= 11 is 0. The summed E-state index contributed by atoms with van der Waals surface area (Å²) in [5.74, 6) is 1.66. The number of hydrogen-bond acceptors (Lipinski definition) is 9. The van der Waals surface area contributed by atoms with Crippen LogP contribution in [0.3, 0.4) is 0 Å². The maximum absolute atomic E-state index is 13.4. The number of nitrogens with zero attached hydrogens (tertiary/aromatic N) is 8. The number of pyridine rings is 1. The molecule has 3 aliphatic rings. The first kappa shape index (κ1) is 24.3. The Labute approximate surface area is 230 Å². The number of amides is 1. The Morgan fingerprint density at radius 1 is 1.00 bits per heavy atom. The molecule has 1 amide bonds. The summed E-state index contributed by atoms with van der Waals surface area (Å²) < 4.78 is 8.78. The second kappa shape index (κ2) is 9.79. The number of carbonyl (C=O) groups is 1. The minimum absolute atomic E-state index is 0.0146. The summed E-state index contributed by atoms with van der Waals surface area (Å²) in [6.07, 6.45) is 6.61. The molecule has 0 unspecified atom stereocenters. The van der Waals surface area contributed by atoms with Gasteiger partial charge in [-0.25, -0.2) is 19.3 Å². The van der Waals surface area contributed by atoms with Crippen LogP contribution in [0.15, 0.2) is 53.5 Å². The number of likely N-dealkylation sites (N-methyl/N-ethyl adjacent to an activating group) is 1. The molecule has 0 spiro atoms. The number of ether oxygens (including phenoxy) is 1. The van der Waals surface area contributed by atoms with E-state index in [9.17, 15) is 9.59 Å². The third-order valence-corrected chi connectivity index (χ3v) is 7.54. The lowest BCUT2D eigenvalue weighted by atomic mass is 10.2. The molecule has 4 aromatic rings. The SMILES string of the molecule is CN1CCN(c2cccc(Nc3ncc4c(=O)n5n(c4n3)-c3ccc4c(n3)N(CCC/C=C\5)C(=O)CO4)c2)CC1. The Morgan fingerprint density at radius 2 is 1.88 bits per heavy atom. The summed E-state index contributed by atoms with van der Waals surface area (Å²) in [6.45, 7) is 4.49. The highest BCUT2D eigenvalue weighted by Gasteiger charge is 2.28. The summed E-state index contributed by atoms with van der Waals surface area (Å²) in [5, 5.41) is 3.68. The van der Waals surface area contributed by atoms with Crippen LogP contribution in [0, 0.1) is 0 Å². The summed E-state index contributed by atoms with van der Waals surface area (Å²) in [6, 6.07) is 11.7. The second-order valence-corrected chi connectivity index (χ2v) is 10.2. The number of anilines is 4. The number of hydrogen-bond donors (Lipinski definition) is 1. The molecule has 1 aromatic carbocycles. The van der Waals surface area contributed by atoms with Gasteiger partial charge in [0.05, 0.1) is 0 Å². The van der Waals surface area contributed by atoms with Crippen molar-refractivity contribution >= 4 is 46.3 Å². The molecule has 0 radical (unpaired) electrons. The molecule has 7 rings (SSSR count). The van der Waals surface area contributed by atoms with E-state index in [2.05, 4.69) is 39.3 Å². The van der Waals surface area contributed by atoms with Crippen LogP contribution in [-0.4, -0.2) is 81.5 Å². The first-order valence-electron chi connectivity index (χ1n) is 13.5. The summed E-state index contributed by atoms with van der Waals surface area (Å²) in [4.78, 5) is 46.4. The van der Waals surface area contributed by atoms with Crippen LogP contribution in [0.25, 0.3) is 23.1 Å². The average molecular weight is 540 g/mol. The normalized spacial score (nSPS) is 18.2. The Kier molecular flexibility index (Phi) is 5.96. The molecular weight excluding hydrogens is 510 g/mol. The molecule has 12 heteroatoms. The van der Waals surface area contributed by atoms with Crippen molar-refractivity contribution in [1.82, 2.24) is 29.2 Å². The number of nitrogens with one attached hydrogen (secondary N) is 1. The highest BCUT2D eigenvalue weighted by Crippen LogP contribution is 2.32. The highest BCUT2D eigenvalue weighted by molar-refractivity contribution is 5.96. The summed E-state index contributed by atoms with van der Waals surface area (Å²) in [7, 11) is 2.14. The first-order valence-corrected chi connectivity index (χ1v) is 13.5. The van der Waals surface area contributed by atoms with Crippen LogP contribution in [0.4, 0.5) is 23.1 Å². The monoisotopic (exact) mass is 539 g/mol. The van der Waals surface area contributed by atoms with Crippen LogP contribution in [0.1, 0.15) is 12.8 Å². The molecule has 0 atom stereocenters. The lowest BCUT2D eigenvalue weighted by molar-refractivity contribution is -0.121. The van der Waals surface area contributed by atoms with Crippen LogP contribution >= 0.6 is 0 Å². The predicted octanol–water partition coefficient (Wildman–Crippen LogP) is 2.46. The Hall–Kier alpha value is -4.71. The predicted molar refractivity (Wildman–Crippen MR) is 153 cm³/mol. The molecule has 0 saturated carbocycles. The molecule has 1 fully saturated rings. The van der Waals surface area contributed by atoms with Gasteiger partial charge in [0.2, 0.25) is 5.95 Å². The van der Waals surface area contributed by atoms with Crippen LogP contribution < -0.4 is 25.4 Å². The Bertz CT molecular complexity index is 1700. The number of aromatic nitrogens is 5. The third kappa shape index (κ3) is 4.26. The van der Waals surface area contributed by atoms with E-state index in [0.29, 0.717) is 47.3 Å². The van der Waals surface area contributed by atoms with Gasteiger partial charge in [-0.05, 0) is 50.2 Å². The largest absolute Gasteiger partial charge is 0.480 e. The Morgan fingerprint density at radius 3 is 2.75 bits per heavy atom. The zero-order valence-electron chi connectivity index (χ0n) is 22.2. The van der Waals surface area contributed by atoms with Gasteiger partial charge in [-0.1, -0.05) is 12.1 Å². The molecule has 1 saturated heterocycles. The smallest absolute Gasteiger partial charge is 0.282 e. The van der Waals surface area contributed by atoms with Gasteiger partial charge >= 0.3 is 0 Å². The average Bonchev–Trinajstić information content (AvgIpc) is 3.22. The molecule has 6 heterocycles. The van der Waals surface area contributed by atoms with Gasteiger partial charge in [0.25, 0.3) is 11.5 Å². The van der Waals surface area contributed by atoms with E-state index in [1.807, 2.05) is 18.2 Å². The fourth-order valence-corrected chi connectivity index (χ4v) is 5.35. The zero-order valence-corrected chi connectivity index (χ0v) is 22.2. The van der Waals surface area contributed by atoms with Gasteiger partial charge < -0.3 is 19.9 Å². The van der Waals surface area contributed by atoms with E-state index < -0.39 is 0 Å². The van der Waals surface area contributed by atoms with E-state index in [1.54, 1.807) is 34.1 Å². The van der Waals surface area contributed by atoms with Gasteiger partial charge in [0, 0.05) is 56.5 Å². The number of benzene rings is 1. The van der Waals surface area contributed by atoms with Crippen molar-refractivity contribution in [2.75, 3.05) is 61.5 Å². The van der Waals surface area contributed by atoms with Crippen molar-refractivity contribution < 1.29 is 9.53 Å². The van der Waals surface area contributed by atoms with Crippen molar-refractivity contribution in [3.05, 3.63) is 59.0 Å². The number of piperazine rings is 1. The topological polar surface area (TPSA) is 114 Å². The van der Waals surface area contributed by atoms with Gasteiger partial charge in [-0.3, -0.25) is 14.5 Å². The van der Waals surface area contributed by atoms with Crippen molar-refractivity contribution in [1.29, 1.82) is 0 Å². The second-order valence-electron chi connectivity index (χ2n) is 10.2. The van der Waals surface area contributed by atoms with E-state index in [4.69, 9.17) is 14.7 Å². The molecule has 204 valence electrons. The lowest BCUT2D eigenvalue weighted by Gasteiger charge is -2.34. The molecule has 1 N–H and O–H groups in total. The number of fused-ring (bicyclic) bond motifs is 5. The molecule has 40 heavy (non-hydrogen) atoms. The molecule has 2 bridgehead atoms. The minimum atomic E-state index is -0.252. The van der Waals surface area contributed by atoms with E-state index in [1.165, 1.54) is 4.68 Å². The van der Waals surface area contributed by atoms with Crippen molar-refractivity contribution in [3.8, 4) is 11.6 Å². The highest BCUT2D eigenvalue weighted by atomic mass is 16.5. The van der Waals surface area contributed by atoms with Crippen molar-refractivity contribution in [2.45, 2.75) is 12.8 Å². The summed E-state index contributed by atoms with van der Waals surface area (Å²) in [5.41, 5.74) is 2.15. The van der Waals surface area contributed by atoms with Gasteiger partial charge in [0.15, 0.2) is 29.6 Å². The van der Waals surface area contributed by atoms with E-state index in [-0.39, 0.29) is 18.1 Å². The van der Waals surface area contributed by atoms with Gasteiger partial charge in [-0.15, -0.1) is 0 Å². The number of carbonyl (C=O) groups excluding carboxylic acids is 1. The third-order valence-electron chi connectivity index (χ3n) is 7.54. The standard InChI is InChI=1S/C28H29N9O3/c1-33-12-14-34(15-13-33)20-7-5-6-19(16-20)30-28-29-17-21-25(32-28)37-23-9-8-22-26(31-23)35(24(38)18-40-22)10-3-2-4-11-36(37)27(21)39/h4-9,11,16-17H,2-3,10,12-15,18H2,1H3,(H,29,30,32)/b11-4-. The molecule has 12 nitrogen and oxygen atoms in total. The number of allylic oxidation sites excluding steroid dienone is 1. The minimum Gasteiger partial charge on any atom is -0.480 e. The van der Waals surface area contributed by atoms with Crippen LogP contribution in [-0.2, 0) is 4.79 Å². The first-order chi connectivity index (χ1) is 19.5. The van der Waals surface area contributed by atoms with E-state index in [0.717, 1.165) is 44.0 Å². The molecule has 3 aromatic heterocycles. The molecule has 3 aliphatic heterocycles. The maximum atomic E-state index is 13.4. The van der Waals surface area contributed by atoms with Gasteiger partial charge in [0.1, 0.15) is 5.39 Å². The van der Waals surface area contributed by atoms with Crippen LogP contribution in [0.5, 0.6) is 5.75 Å². The fourth-order valence-electron chi connectivity index (χ4n) is 5.35. The molecule has 0 aliphatic carbocycles. The zero-order chi connectivity index (χ0) is 27.2. The Balaban J connectivity index is 1.30. The van der Waals surface area contributed by atoms with E-state index >= 15 is 0 Å². The van der Waals surface area contributed by atoms with Crippen molar-refractivity contribution in [3.63, 3.8) is 0 Å². The lowest BCUT2D eigenvalue weighted by Crippen LogP contribution is -2.44. The number of rotatable bonds is 3. The fraction of sp³-hybridized carbons (Fsp3) is 0.321. The van der Waals surface area contributed by atoms with Crippen molar-refractivity contribution in [2.24, 2.45) is 0 Å². The quantitative estimate of drug-likeness (QED) is 0.419. The molecular formula is C28H29N9O3. The van der Waals surface area contributed by atoms with Crippen LogP contribution in [0.2, 0.25) is 0 Å². The van der Waals surface area contributed by atoms with Gasteiger partial charge in [-0.2, -0.15) is 4.98 Å². The maximum Gasteiger partial charge on any atom is 0.282 e.